The Kier molecular flexibility index (Phi) is 2.32. The lowest BCUT2D eigenvalue weighted by molar-refractivity contribution is -0.141. The Morgan fingerprint density at radius 3 is 2.89 bits per heavy atom. The fourth-order valence-electron chi connectivity index (χ4n) is 2.01. The Morgan fingerprint density at radius 1 is 1.50 bits per heavy atom. The number of aromatic nitrogens is 3. The van der Waals surface area contributed by atoms with E-state index >= 15 is 0 Å². The molecule has 1 unspecified atom stereocenters. The van der Waals surface area contributed by atoms with Gasteiger partial charge < -0.3 is 14.6 Å². The minimum atomic E-state index is -0.929. The number of ether oxygens (including phenoxy) is 2. The molecule has 0 aliphatic carbocycles. The van der Waals surface area contributed by atoms with Crippen molar-refractivity contribution in [2.24, 2.45) is 0 Å². The Labute approximate surface area is 102 Å². The van der Waals surface area contributed by atoms with Crippen LogP contribution in [-0.2, 0) is 4.79 Å². The zero-order valence-corrected chi connectivity index (χ0v) is 9.66. The van der Waals surface area contributed by atoms with Gasteiger partial charge in [0.1, 0.15) is 5.52 Å². The van der Waals surface area contributed by atoms with Gasteiger partial charge >= 0.3 is 5.97 Å². The minimum Gasteiger partial charge on any atom is -0.480 e. The van der Waals surface area contributed by atoms with Crippen LogP contribution in [0.5, 0.6) is 11.5 Å². The molecule has 1 atom stereocenters. The van der Waals surface area contributed by atoms with Gasteiger partial charge in [0.25, 0.3) is 0 Å². The number of rotatable bonds is 3. The van der Waals surface area contributed by atoms with Crippen molar-refractivity contribution in [2.45, 2.75) is 19.4 Å². The van der Waals surface area contributed by atoms with Gasteiger partial charge in [0, 0.05) is 12.1 Å². The third-order valence-electron chi connectivity index (χ3n) is 2.93. The van der Waals surface area contributed by atoms with Gasteiger partial charge in [0.05, 0.1) is 5.52 Å². The van der Waals surface area contributed by atoms with E-state index in [1.165, 1.54) is 4.68 Å². The molecule has 0 saturated heterocycles. The Morgan fingerprint density at radius 2 is 2.22 bits per heavy atom. The van der Waals surface area contributed by atoms with Gasteiger partial charge in [-0.2, -0.15) is 0 Å². The third kappa shape index (κ3) is 1.47. The molecule has 94 valence electrons. The number of aliphatic carboxylic acids is 1. The molecule has 2 aromatic rings. The van der Waals surface area contributed by atoms with Gasteiger partial charge in [-0.05, 0) is 6.42 Å². The van der Waals surface area contributed by atoms with Crippen LogP contribution >= 0.6 is 0 Å². The summed E-state index contributed by atoms with van der Waals surface area (Å²) < 4.78 is 11.9. The highest BCUT2D eigenvalue weighted by atomic mass is 16.7. The number of fused-ring (bicyclic) bond motifs is 2. The van der Waals surface area contributed by atoms with E-state index in [1.807, 2.05) is 0 Å². The highest BCUT2D eigenvalue weighted by Gasteiger charge is 2.23. The number of benzene rings is 1. The third-order valence-corrected chi connectivity index (χ3v) is 2.93. The summed E-state index contributed by atoms with van der Waals surface area (Å²) in [6, 6.07) is 2.69. The molecule has 1 aromatic heterocycles. The SMILES string of the molecule is CCC(C(=O)O)n1nnc2cc3c(cc21)OCO3. The van der Waals surface area contributed by atoms with E-state index in [4.69, 9.17) is 14.6 Å². The largest absolute Gasteiger partial charge is 0.480 e. The van der Waals surface area contributed by atoms with Crippen molar-refractivity contribution in [2.75, 3.05) is 6.79 Å². The van der Waals surface area contributed by atoms with Gasteiger partial charge in [-0.3, -0.25) is 0 Å². The molecule has 1 aliphatic heterocycles. The fourth-order valence-corrected chi connectivity index (χ4v) is 2.01. The summed E-state index contributed by atoms with van der Waals surface area (Å²) in [4.78, 5) is 11.2. The van der Waals surface area contributed by atoms with E-state index < -0.39 is 12.0 Å². The zero-order valence-electron chi connectivity index (χ0n) is 9.66. The van der Waals surface area contributed by atoms with Crippen molar-refractivity contribution < 1.29 is 19.4 Å². The van der Waals surface area contributed by atoms with Crippen molar-refractivity contribution in [1.82, 2.24) is 15.0 Å². The van der Waals surface area contributed by atoms with Crippen molar-refractivity contribution in [1.29, 1.82) is 0 Å². The molecule has 1 N–H and O–H groups in total. The number of carbonyl (C=O) groups is 1. The predicted octanol–water partition coefficient (Wildman–Crippen LogP) is 1.20. The van der Waals surface area contributed by atoms with Crippen LogP contribution in [0.3, 0.4) is 0 Å². The summed E-state index contributed by atoms with van der Waals surface area (Å²) in [6.45, 7) is 1.96. The van der Waals surface area contributed by atoms with Crippen molar-refractivity contribution in [3.63, 3.8) is 0 Å². The molecule has 7 heteroatoms. The number of carboxylic acids is 1. The Balaban J connectivity index is 2.16. The Bertz CT molecular complexity index is 622. The normalized spacial score (nSPS) is 14.9. The molecule has 1 aliphatic rings. The van der Waals surface area contributed by atoms with Crippen LogP contribution in [0.1, 0.15) is 19.4 Å². The molecule has 0 radical (unpaired) electrons. The van der Waals surface area contributed by atoms with Crippen LogP contribution in [0, 0.1) is 0 Å². The molecule has 0 amide bonds. The maximum Gasteiger partial charge on any atom is 0.328 e. The fraction of sp³-hybridized carbons (Fsp3) is 0.364. The smallest absolute Gasteiger partial charge is 0.328 e. The van der Waals surface area contributed by atoms with Crippen molar-refractivity contribution >= 4 is 17.0 Å². The maximum absolute atomic E-state index is 11.2. The van der Waals surface area contributed by atoms with E-state index in [2.05, 4.69) is 10.3 Å². The van der Waals surface area contributed by atoms with Crippen LogP contribution in [0.15, 0.2) is 12.1 Å². The molecule has 2 heterocycles. The topological polar surface area (TPSA) is 86.5 Å². The number of hydrogen-bond donors (Lipinski definition) is 1. The number of carboxylic acid groups (broad SMARTS) is 1. The van der Waals surface area contributed by atoms with Gasteiger partial charge in [0.2, 0.25) is 6.79 Å². The molecule has 7 nitrogen and oxygen atoms in total. The van der Waals surface area contributed by atoms with Gasteiger partial charge in [0.15, 0.2) is 17.5 Å². The summed E-state index contributed by atoms with van der Waals surface area (Å²) in [5.41, 5.74) is 1.23. The summed E-state index contributed by atoms with van der Waals surface area (Å²) in [7, 11) is 0. The lowest BCUT2D eigenvalue weighted by atomic mass is 10.2. The van der Waals surface area contributed by atoms with Crippen molar-refractivity contribution in [3.05, 3.63) is 12.1 Å². The minimum absolute atomic E-state index is 0.172. The molecule has 3 rings (SSSR count). The highest BCUT2D eigenvalue weighted by molar-refractivity contribution is 5.82. The lowest BCUT2D eigenvalue weighted by Crippen LogP contribution is -2.19. The molecular weight excluding hydrogens is 238 g/mol. The first-order chi connectivity index (χ1) is 8.70. The van der Waals surface area contributed by atoms with Gasteiger partial charge in [-0.15, -0.1) is 5.10 Å². The Hall–Kier alpha value is -2.31. The summed E-state index contributed by atoms with van der Waals surface area (Å²) in [5.74, 6) is 0.270. The first-order valence-electron chi connectivity index (χ1n) is 5.58. The predicted molar refractivity (Wildman–Crippen MR) is 60.6 cm³/mol. The molecule has 0 fully saturated rings. The second-order valence-corrected chi connectivity index (χ2v) is 3.99. The number of nitrogens with zero attached hydrogens (tertiary/aromatic N) is 3. The molecular formula is C11H11N3O4. The van der Waals surface area contributed by atoms with E-state index in [0.717, 1.165) is 0 Å². The standard InChI is InChI=1S/C11H11N3O4/c1-2-7(11(15)16)14-8-4-10-9(17-5-18-10)3-6(8)12-13-14/h3-4,7H,2,5H2,1H3,(H,15,16). The molecule has 1 aromatic carbocycles. The average Bonchev–Trinajstić information content (AvgIpc) is 2.93. The maximum atomic E-state index is 11.2. The van der Waals surface area contributed by atoms with Crippen LogP contribution < -0.4 is 9.47 Å². The van der Waals surface area contributed by atoms with Crippen molar-refractivity contribution in [3.8, 4) is 11.5 Å². The average molecular weight is 249 g/mol. The van der Waals surface area contributed by atoms with Crippen LogP contribution in [0.4, 0.5) is 0 Å². The second kappa shape index (κ2) is 3.86. The highest BCUT2D eigenvalue weighted by Crippen LogP contribution is 2.36. The quantitative estimate of drug-likeness (QED) is 0.879. The second-order valence-electron chi connectivity index (χ2n) is 3.99. The first kappa shape index (κ1) is 10.8. The van der Waals surface area contributed by atoms with E-state index in [-0.39, 0.29) is 6.79 Å². The number of hydrogen-bond acceptors (Lipinski definition) is 5. The van der Waals surface area contributed by atoms with Gasteiger partial charge in [-0.25, -0.2) is 9.48 Å². The molecule has 0 saturated carbocycles. The molecule has 0 bridgehead atoms. The van der Waals surface area contributed by atoms with E-state index in [9.17, 15) is 4.79 Å². The first-order valence-corrected chi connectivity index (χ1v) is 5.58. The van der Waals surface area contributed by atoms with Crippen LogP contribution in [-0.4, -0.2) is 32.9 Å². The zero-order chi connectivity index (χ0) is 12.7. The van der Waals surface area contributed by atoms with Crippen LogP contribution in [0.2, 0.25) is 0 Å². The van der Waals surface area contributed by atoms with Crippen LogP contribution in [0.25, 0.3) is 11.0 Å². The summed E-state index contributed by atoms with van der Waals surface area (Å²) in [6.07, 6.45) is 0.433. The lowest BCUT2D eigenvalue weighted by Gasteiger charge is -2.10. The monoisotopic (exact) mass is 249 g/mol. The van der Waals surface area contributed by atoms with Gasteiger partial charge in [-0.1, -0.05) is 12.1 Å². The van der Waals surface area contributed by atoms with E-state index in [0.29, 0.717) is 29.0 Å². The van der Waals surface area contributed by atoms with E-state index in [1.54, 1.807) is 19.1 Å². The summed E-state index contributed by atoms with van der Waals surface area (Å²) >= 11 is 0. The summed E-state index contributed by atoms with van der Waals surface area (Å²) in [5, 5.41) is 17.0. The molecule has 0 spiro atoms. The molecule has 18 heavy (non-hydrogen) atoms.